The number of aromatic nitrogens is 1. The van der Waals surface area contributed by atoms with Crippen LogP contribution in [0.2, 0.25) is 0 Å². The predicted molar refractivity (Wildman–Crippen MR) is 130 cm³/mol. The zero-order chi connectivity index (χ0) is 23.7. The Hall–Kier alpha value is -3.96. The maximum atomic E-state index is 12.7. The monoisotopic (exact) mass is 494 g/mol. The largest absolute Gasteiger partial charge is 0.482 e. The molecule has 11 heteroatoms. The number of anilines is 3. The Kier molecular flexibility index (Phi) is 5.64. The molecule has 2 amide bonds. The van der Waals surface area contributed by atoms with E-state index in [-0.39, 0.29) is 35.0 Å². The highest BCUT2D eigenvalue weighted by molar-refractivity contribution is 7.93. The van der Waals surface area contributed by atoms with Crippen molar-refractivity contribution in [3.63, 3.8) is 0 Å². The Labute approximate surface area is 199 Å². The van der Waals surface area contributed by atoms with Gasteiger partial charge >= 0.3 is 0 Å². The molecule has 2 N–H and O–H groups in total. The molecule has 0 aliphatic carbocycles. The van der Waals surface area contributed by atoms with E-state index in [0.29, 0.717) is 27.3 Å². The zero-order valence-corrected chi connectivity index (χ0v) is 19.2. The summed E-state index contributed by atoms with van der Waals surface area (Å²) in [6.45, 7) is -0.291. The quantitative estimate of drug-likeness (QED) is 0.424. The van der Waals surface area contributed by atoms with Crippen molar-refractivity contribution < 1.29 is 22.7 Å². The van der Waals surface area contributed by atoms with Gasteiger partial charge in [-0.05, 0) is 42.5 Å². The summed E-state index contributed by atoms with van der Waals surface area (Å²) in [5.74, 6) is -0.132. The average Bonchev–Trinajstić information content (AvgIpc) is 3.22. The highest BCUT2D eigenvalue weighted by Crippen LogP contribution is 2.32. The van der Waals surface area contributed by atoms with Gasteiger partial charge in [-0.25, -0.2) is 13.4 Å². The summed E-state index contributed by atoms with van der Waals surface area (Å²) < 4.78 is 33.7. The summed E-state index contributed by atoms with van der Waals surface area (Å²) >= 11 is 1.15. The average molecular weight is 495 g/mol. The van der Waals surface area contributed by atoms with Gasteiger partial charge in [-0.15, -0.1) is 0 Å². The first kappa shape index (κ1) is 21.9. The second kappa shape index (κ2) is 8.76. The first-order chi connectivity index (χ1) is 16.4. The Bertz CT molecular complexity index is 1500. The fraction of sp³-hybridized carbons (Fsp3) is 0.0870. The maximum Gasteiger partial charge on any atom is 0.265 e. The number of amides is 2. The summed E-state index contributed by atoms with van der Waals surface area (Å²) in [6.07, 6.45) is 0. The molecular weight excluding hydrogens is 476 g/mol. The van der Waals surface area contributed by atoms with Gasteiger partial charge < -0.3 is 10.1 Å². The maximum absolute atomic E-state index is 12.7. The van der Waals surface area contributed by atoms with Gasteiger partial charge in [-0.2, -0.15) is 0 Å². The molecule has 0 bridgehead atoms. The topological polar surface area (TPSA) is 118 Å². The van der Waals surface area contributed by atoms with Crippen LogP contribution in [0.15, 0.2) is 77.7 Å². The number of thiazole rings is 1. The summed E-state index contributed by atoms with van der Waals surface area (Å²) in [6, 6.07) is 20.1. The van der Waals surface area contributed by atoms with Crippen LogP contribution in [0.25, 0.3) is 10.2 Å². The lowest BCUT2D eigenvalue weighted by Gasteiger charge is -2.28. The van der Waals surface area contributed by atoms with Gasteiger partial charge in [0, 0.05) is 5.69 Å². The van der Waals surface area contributed by atoms with Crippen molar-refractivity contribution in [3.8, 4) is 5.75 Å². The molecule has 0 spiro atoms. The van der Waals surface area contributed by atoms with E-state index >= 15 is 0 Å². The molecule has 0 unspecified atom stereocenters. The van der Waals surface area contributed by atoms with Crippen LogP contribution in [0.1, 0.15) is 0 Å². The molecule has 0 saturated carbocycles. The molecule has 5 rings (SSSR count). The van der Waals surface area contributed by atoms with Gasteiger partial charge in [0.05, 0.1) is 20.8 Å². The van der Waals surface area contributed by atoms with Crippen molar-refractivity contribution >= 4 is 59.9 Å². The highest BCUT2D eigenvalue weighted by atomic mass is 32.2. The molecule has 9 nitrogen and oxygen atoms in total. The lowest BCUT2D eigenvalue weighted by atomic mass is 10.2. The van der Waals surface area contributed by atoms with Crippen molar-refractivity contribution in [2.45, 2.75) is 4.90 Å². The molecule has 0 atom stereocenters. The molecule has 172 valence electrons. The Morgan fingerprint density at radius 1 is 1.06 bits per heavy atom. The molecule has 0 fully saturated rings. The smallest absolute Gasteiger partial charge is 0.265 e. The van der Waals surface area contributed by atoms with Gasteiger partial charge in [-0.1, -0.05) is 41.7 Å². The summed E-state index contributed by atoms with van der Waals surface area (Å²) in [5.41, 5.74) is 1.64. The van der Waals surface area contributed by atoms with Crippen molar-refractivity contribution in [3.05, 3.63) is 72.8 Å². The molecular formula is C23H18N4O5S2. The van der Waals surface area contributed by atoms with E-state index in [9.17, 15) is 18.0 Å². The van der Waals surface area contributed by atoms with E-state index in [2.05, 4.69) is 15.0 Å². The number of benzene rings is 3. The van der Waals surface area contributed by atoms with Gasteiger partial charge in [0.2, 0.25) is 5.91 Å². The Morgan fingerprint density at radius 2 is 1.82 bits per heavy atom. The molecule has 34 heavy (non-hydrogen) atoms. The number of hydrogen-bond donors (Lipinski definition) is 2. The van der Waals surface area contributed by atoms with E-state index in [1.54, 1.807) is 60.7 Å². The SMILES string of the molecule is O=C(CN1C(=O)COc2ccccc21)Nc1ccc2nc(NS(=O)(=O)c3ccccc3)sc2c1. The molecule has 1 aliphatic rings. The second-order valence-corrected chi connectivity index (χ2v) is 10.1. The van der Waals surface area contributed by atoms with Gasteiger partial charge in [0.1, 0.15) is 12.3 Å². The van der Waals surface area contributed by atoms with E-state index in [4.69, 9.17) is 4.74 Å². The lowest BCUT2D eigenvalue weighted by Crippen LogP contribution is -2.43. The third-order valence-corrected chi connectivity index (χ3v) is 7.48. The Balaban J connectivity index is 1.31. The van der Waals surface area contributed by atoms with Crippen LogP contribution in [0.5, 0.6) is 5.75 Å². The normalized spacial score (nSPS) is 13.3. The van der Waals surface area contributed by atoms with Crippen LogP contribution in [0.4, 0.5) is 16.5 Å². The van der Waals surface area contributed by atoms with Crippen LogP contribution >= 0.6 is 11.3 Å². The van der Waals surface area contributed by atoms with E-state index in [1.807, 2.05) is 0 Å². The van der Waals surface area contributed by atoms with E-state index in [0.717, 1.165) is 11.3 Å². The number of ether oxygens (including phenoxy) is 1. The fourth-order valence-corrected chi connectivity index (χ4v) is 5.65. The Morgan fingerprint density at radius 3 is 2.65 bits per heavy atom. The number of nitrogens with zero attached hydrogens (tertiary/aromatic N) is 2. The molecule has 0 saturated heterocycles. The minimum Gasteiger partial charge on any atom is -0.482 e. The third-order valence-electron chi connectivity index (χ3n) is 5.06. The number of fused-ring (bicyclic) bond motifs is 2. The summed E-state index contributed by atoms with van der Waals surface area (Å²) in [7, 11) is -3.76. The summed E-state index contributed by atoms with van der Waals surface area (Å²) in [4.78, 5) is 30.8. The minimum absolute atomic E-state index is 0.126. The molecule has 0 radical (unpaired) electrons. The number of sulfonamides is 1. The van der Waals surface area contributed by atoms with Crippen LogP contribution < -0.4 is 19.7 Å². The van der Waals surface area contributed by atoms with Crippen LogP contribution in [0.3, 0.4) is 0 Å². The minimum atomic E-state index is -3.76. The molecule has 4 aromatic rings. The van der Waals surface area contributed by atoms with Crippen molar-refractivity contribution in [1.29, 1.82) is 0 Å². The summed E-state index contributed by atoms with van der Waals surface area (Å²) in [5, 5.41) is 3.00. The number of carbonyl (C=O) groups excluding carboxylic acids is 2. The number of carbonyl (C=O) groups is 2. The van der Waals surface area contributed by atoms with Crippen molar-refractivity contribution in [2.24, 2.45) is 0 Å². The van der Waals surface area contributed by atoms with Crippen LogP contribution in [0, 0.1) is 0 Å². The zero-order valence-electron chi connectivity index (χ0n) is 17.6. The molecule has 1 aromatic heterocycles. The second-order valence-electron chi connectivity index (χ2n) is 7.40. The van der Waals surface area contributed by atoms with E-state index < -0.39 is 10.0 Å². The van der Waals surface area contributed by atoms with Crippen molar-refractivity contribution in [2.75, 3.05) is 28.1 Å². The molecule has 2 heterocycles. The predicted octanol–water partition coefficient (Wildman–Crippen LogP) is 3.46. The van der Waals surface area contributed by atoms with E-state index in [1.165, 1.54) is 17.0 Å². The van der Waals surface area contributed by atoms with Gasteiger partial charge in [0.25, 0.3) is 15.9 Å². The van der Waals surface area contributed by atoms with Crippen LogP contribution in [-0.4, -0.2) is 38.4 Å². The highest BCUT2D eigenvalue weighted by Gasteiger charge is 2.27. The first-order valence-corrected chi connectivity index (χ1v) is 12.5. The lowest BCUT2D eigenvalue weighted by molar-refractivity contribution is -0.123. The standard InChI is InChI=1S/C23H18N4O5S2/c28-21(13-27-18-8-4-5-9-19(18)32-14-22(27)29)24-15-10-11-17-20(12-15)33-23(25-17)26-34(30,31)16-6-2-1-3-7-16/h1-12H,13-14H2,(H,24,28)(H,25,26). The molecule has 1 aliphatic heterocycles. The molecule has 3 aromatic carbocycles. The van der Waals surface area contributed by atoms with Gasteiger partial charge in [0.15, 0.2) is 11.7 Å². The fourth-order valence-electron chi connectivity index (χ4n) is 3.49. The number of para-hydroxylation sites is 2. The number of nitrogens with one attached hydrogen (secondary N) is 2. The first-order valence-electron chi connectivity index (χ1n) is 10.2. The third kappa shape index (κ3) is 4.43. The van der Waals surface area contributed by atoms with Crippen molar-refractivity contribution in [1.82, 2.24) is 4.98 Å². The van der Waals surface area contributed by atoms with Gasteiger partial charge in [-0.3, -0.25) is 19.2 Å². The van der Waals surface area contributed by atoms with Crippen LogP contribution in [-0.2, 0) is 19.6 Å². The number of hydrogen-bond acceptors (Lipinski definition) is 7. The number of rotatable bonds is 6.